The lowest BCUT2D eigenvalue weighted by Crippen LogP contribution is -2.30. The Bertz CT molecular complexity index is 757. The van der Waals surface area contributed by atoms with Crippen LogP contribution >= 0.6 is 0 Å². The largest absolute Gasteiger partial charge is 0.494 e. The third-order valence-corrected chi connectivity index (χ3v) is 4.94. The van der Waals surface area contributed by atoms with Crippen LogP contribution in [0.25, 0.3) is 0 Å². The lowest BCUT2D eigenvalue weighted by Gasteiger charge is -2.18. The van der Waals surface area contributed by atoms with Gasteiger partial charge in [-0.15, -0.1) is 0 Å². The van der Waals surface area contributed by atoms with Crippen LogP contribution in [0.5, 0.6) is 17.2 Å². The quantitative estimate of drug-likeness (QED) is 0.837. The molecule has 2 aliphatic rings. The van der Waals surface area contributed by atoms with Crippen molar-refractivity contribution in [2.45, 2.75) is 38.4 Å². The van der Waals surface area contributed by atoms with E-state index >= 15 is 0 Å². The second-order valence-corrected chi connectivity index (χ2v) is 6.74. The summed E-state index contributed by atoms with van der Waals surface area (Å²) < 4.78 is 17.0. The molecule has 2 fully saturated rings. The summed E-state index contributed by atoms with van der Waals surface area (Å²) in [5.41, 5.74) is 0.775. The van der Waals surface area contributed by atoms with Gasteiger partial charge in [0.1, 0.15) is 17.2 Å². The van der Waals surface area contributed by atoms with Crippen molar-refractivity contribution in [1.82, 2.24) is 0 Å². The number of carbonyl (C=O) groups is 1. The predicted molar refractivity (Wildman–Crippen MR) is 98.8 cm³/mol. The molecule has 2 aliphatic heterocycles. The Morgan fingerprint density at radius 1 is 1.04 bits per heavy atom. The lowest BCUT2D eigenvalue weighted by atomic mass is 9.88. The Morgan fingerprint density at radius 3 is 2.27 bits per heavy atom. The van der Waals surface area contributed by atoms with Crippen molar-refractivity contribution in [2.24, 2.45) is 5.92 Å². The van der Waals surface area contributed by atoms with Crippen molar-refractivity contribution in [1.29, 1.82) is 0 Å². The third-order valence-electron chi connectivity index (χ3n) is 4.94. The Kier molecular flexibility index (Phi) is 4.80. The summed E-state index contributed by atoms with van der Waals surface area (Å²) in [4.78, 5) is 12.4. The fraction of sp³-hybridized carbons (Fsp3) is 0.381. The van der Waals surface area contributed by atoms with E-state index in [1.165, 1.54) is 0 Å². The molecule has 2 bridgehead atoms. The summed E-state index contributed by atoms with van der Waals surface area (Å²) >= 11 is 0. The molecule has 4 rings (SSSR count). The van der Waals surface area contributed by atoms with E-state index in [1.54, 1.807) is 0 Å². The molecule has 1 amide bonds. The molecule has 2 saturated heterocycles. The summed E-state index contributed by atoms with van der Waals surface area (Å²) in [7, 11) is 0. The standard InChI is InChI=1S/C21H23NO4/c1-2-24-15-7-9-17(10-8-15)25-16-5-3-14(4-6-16)22-21(23)19-13-18-11-12-20(19)26-18/h3-10,18-20H,2,11-13H2,1H3,(H,22,23). The van der Waals surface area contributed by atoms with E-state index < -0.39 is 0 Å². The maximum atomic E-state index is 12.4. The molecule has 136 valence electrons. The van der Waals surface area contributed by atoms with Crippen molar-refractivity contribution in [3.8, 4) is 17.2 Å². The van der Waals surface area contributed by atoms with Gasteiger partial charge in [0.25, 0.3) is 0 Å². The van der Waals surface area contributed by atoms with E-state index in [0.29, 0.717) is 6.61 Å². The number of anilines is 1. The number of hydrogen-bond acceptors (Lipinski definition) is 4. The van der Waals surface area contributed by atoms with Gasteiger partial charge in [-0.25, -0.2) is 0 Å². The van der Waals surface area contributed by atoms with Crippen LogP contribution in [0.15, 0.2) is 48.5 Å². The van der Waals surface area contributed by atoms with E-state index in [2.05, 4.69) is 5.32 Å². The number of amides is 1. The third kappa shape index (κ3) is 3.68. The van der Waals surface area contributed by atoms with Gasteiger partial charge in [0.05, 0.1) is 24.7 Å². The van der Waals surface area contributed by atoms with Crippen LogP contribution in [0.3, 0.4) is 0 Å². The van der Waals surface area contributed by atoms with Gasteiger partial charge in [-0.2, -0.15) is 0 Å². The SMILES string of the molecule is CCOc1ccc(Oc2ccc(NC(=O)C3CC4CCC3O4)cc2)cc1. The zero-order chi connectivity index (χ0) is 17.9. The maximum absolute atomic E-state index is 12.4. The van der Waals surface area contributed by atoms with Crippen LogP contribution in [0.1, 0.15) is 26.2 Å². The highest BCUT2D eigenvalue weighted by molar-refractivity contribution is 5.93. The van der Waals surface area contributed by atoms with E-state index in [9.17, 15) is 4.79 Å². The first-order valence-corrected chi connectivity index (χ1v) is 9.18. The predicted octanol–water partition coefficient (Wildman–Crippen LogP) is 4.38. The number of benzene rings is 2. The lowest BCUT2D eigenvalue weighted by molar-refractivity contribution is -0.121. The molecule has 26 heavy (non-hydrogen) atoms. The van der Waals surface area contributed by atoms with Crippen LogP contribution in [0.4, 0.5) is 5.69 Å². The summed E-state index contributed by atoms with van der Waals surface area (Å²) in [6, 6.07) is 14.9. The van der Waals surface area contributed by atoms with Crippen molar-refractivity contribution in [3.05, 3.63) is 48.5 Å². The minimum absolute atomic E-state index is 0.0199. The second-order valence-electron chi connectivity index (χ2n) is 6.74. The van der Waals surface area contributed by atoms with Gasteiger partial charge in [-0.05, 0) is 74.7 Å². The minimum Gasteiger partial charge on any atom is -0.494 e. The van der Waals surface area contributed by atoms with E-state index in [1.807, 2.05) is 55.5 Å². The van der Waals surface area contributed by atoms with Gasteiger partial charge in [0.15, 0.2) is 0 Å². The zero-order valence-electron chi connectivity index (χ0n) is 14.8. The Morgan fingerprint density at radius 2 is 1.69 bits per heavy atom. The average Bonchev–Trinajstić information content (AvgIpc) is 3.29. The molecule has 0 saturated carbocycles. The summed E-state index contributed by atoms with van der Waals surface area (Å²) in [6.07, 6.45) is 3.31. The Balaban J connectivity index is 1.33. The van der Waals surface area contributed by atoms with Crippen LogP contribution in [-0.4, -0.2) is 24.7 Å². The minimum atomic E-state index is -0.0199. The number of nitrogens with one attached hydrogen (secondary N) is 1. The molecular formula is C21H23NO4. The number of fused-ring (bicyclic) bond motifs is 2. The average molecular weight is 353 g/mol. The van der Waals surface area contributed by atoms with E-state index in [4.69, 9.17) is 14.2 Å². The highest BCUT2D eigenvalue weighted by Gasteiger charge is 2.44. The topological polar surface area (TPSA) is 56.8 Å². The Labute approximate surface area is 153 Å². The first kappa shape index (κ1) is 16.9. The van der Waals surface area contributed by atoms with Gasteiger partial charge < -0.3 is 19.5 Å². The maximum Gasteiger partial charge on any atom is 0.230 e. The zero-order valence-corrected chi connectivity index (χ0v) is 14.8. The molecule has 3 unspecified atom stereocenters. The smallest absolute Gasteiger partial charge is 0.230 e. The molecule has 5 nitrogen and oxygen atoms in total. The van der Waals surface area contributed by atoms with E-state index in [0.717, 1.165) is 42.2 Å². The van der Waals surface area contributed by atoms with Crippen LogP contribution in [0, 0.1) is 5.92 Å². The van der Waals surface area contributed by atoms with Crippen molar-refractivity contribution < 1.29 is 19.0 Å². The summed E-state index contributed by atoms with van der Waals surface area (Å²) in [5.74, 6) is 2.31. The normalized spacial score (nSPS) is 23.7. The number of carbonyl (C=O) groups excluding carboxylic acids is 1. The fourth-order valence-electron chi connectivity index (χ4n) is 3.66. The summed E-state index contributed by atoms with van der Waals surface area (Å²) in [6.45, 7) is 2.59. The molecule has 3 atom stereocenters. The van der Waals surface area contributed by atoms with Crippen molar-refractivity contribution in [3.63, 3.8) is 0 Å². The van der Waals surface area contributed by atoms with Gasteiger partial charge in [0, 0.05) is 5.69 Å². The van der Waals surface area contributed by atoms with Crippen molar-refractivity contribution >= 4 is 11.6 Å². The van der Waals surface area contributed by atoms with Gasteiger partial charge in [0.2, 0.25) is 5.91 Å². The fourth-order valence-corrected chi connectivity index (χ4v) is 3.66. The molecule has 0 aromatic heterocycles. The molecule has 0 spiro atoms. The van der Waals surface area contributed by atoms with Crippen molar-refractivity contribution in [2.75, 3.05) is 11.9 Å². The van der Waals surface area contributed by atoms with E-state index in [-0.39, 0.29) is 24.0 Å². The van der Waals surface area contributed by atoms with Crippen LogP contribution in [-0.2, 0) is 9.53 Å². The van der Waals surface area contributed by atoms with Crippen LogP contribution < -0.4 is 14.8 Å². The highest BCUT2D eigenvalue weighted by Crippen LogP contribution is 2.39. The second kappa shape index (κ2) is 7.38. The monoisotopic (exact) mass is 353 g/mol. The number of rotatable bonds is 6. The van der Waals surface area contributed by atoms with Gasteiger partial charge in [-0.3, -0.25) is 4.79 Å². The molecule has 5 heteroatoms. The Hall–Kier alpha value is -2.53. The van der Waals surface area contributed by atoms with Crippen LogP contribution in [0.2, 0.25) is 0 Å². The molecule has 2 heterocycles. The number of hydrogen-bond donors (Lipinski definition) is 1. The molecule has 2 aromatic rings. The molecule has 0 radical (unpaired) electrons. The van der Waals surface area contributed by atoms with Gasteiger partial charge in [-0.1, -0.05) is 0 Å². The first-order valence-electron chi connectivity index (χ1n) is 9.18. The highest BCUT2D eigenvalue weighted by atomic mass is 16.5. The first-order chi connectivity index (χ1) is 12.7. The van der Waals surface area contributed by atoms with Gasteiger partial charge >= 0.3 is 0 Å². The molecule has 0 aliphatic carbocycles. The molecule has 1 N–H and O–H groups in total. The summed E-state index contributed by atoms with van der Waals surface area (Å²) in [5, 5.41) is 2.99. The molecular weight excluding hydrogens is 330 g/mol. The molecule has 2 aromatic carbocycles. The number of ether oxygens (including phenoxy) is 3.